The molecule has 0 atom stereocenters. The minimum absolute atomic E-state index is 0.238. The van der Waals surface area contributed by atoms with Gasteiger partial charge in [-0.25, -0.2) is 9.37 Å². The van der Waals surface area contributed by atoms with Gasteiger partial charge in [-0.3, -0.25) is 4.79 Å². The molecule has 0 saturated heterocycles. The first-order valence-corrected chi connectivity index (χ1v) is 10.6. The summed E-state index contributed by atoms with van der Waals surface area (Å²) in [6, 6.07) is 17.1. The van der Waals surface area contributed by atoms with Gasteiger partial charge in [0, 0.05) is 30.7 Å². The maximum absolute atomic E-state index is 13.8. The minimum Gasteiger partial charge on any atom is -0.350 e. The number of anilines is 1. The summed E-state index contributed by atoms with van der Waals surface area (Å²) in [5, 5.41) is 1.03. The Morgan fingerprint density at radius 3 is 2.65 bits per heavy atom. The predicted octanol–water partition coefficient (Wildman–Crippen LogP) is 5.22. The highest BCUT2D eigenvalue weighted by atomic mass is 19.1. The Hall–Kier alpha value is -3.47. The molecule has 0 saturated carbocycles. The van der Waals surface area contributed by atoms with Crippen molar-refractivity contribution in [2.24, 2.45) is 0 Å². The average Bonchev–Trinajstić information content (AvgIpc) is 3.03. The number of carbonyl (C=O) groups is 1. The zero-order valence-corrected chi connectivity index (χ0v) is 17.7. The number of fused-ring (bicyclic) bond motifs is 2. The molecule has 0 N–H and O–H groups in total. The maximum Gasteiger partial charge on any atom is 0.168 e. The molecule has 2 aromatic heterocycles. The van der Waals surface area contributed by atoms with Crippen molar-refractivity contribution >= 4 is 23.0 Å². The monoisotopic (exact) mass is 413 g/mol. The molecule has 0 fully saturated rings. The van der Waals surface area contributed by atoms with Gasteiger partial charge < -0.3 is 9.47 Å². The van der Waals surface area contributed by atoms with Crippen molar-refractivity contribution in [2.75, 3.05) is 11.4 Å². The molecule has 2 aromatic carbocycles. The van der Waals surface area contributed by atoms with E-state index in [9.17, 15) is 9.18 Å². The summed E-state index contributed by atoms with van der Waals surface area (Å²) in [5.74, 6) is 0.583. The summed E-state index contributed by atoms with van der Waals surface area (Å²) in [6.45, 7) is 6.29. The van der Waals surface area contributed by atoms with E-state index in [-0.39, 0.29) is 5.82 Å². The van der Waals surface area contributed by atoms with Crippen molar-refractivity contribution in [2.45, 2.75) is 33.4 Å². The number of nitrogens with zero attached hydrogens (tertiary/aromatic N) is 3. The topological polar surface area (TPSA) is 38.1 Å². The first kappa shape index (κ1) is 19.5. The van der Waals surface area contributed by atoms with E-state index in [1.54, 1.807) is 12.1 Å². The second-order valence-electron chi connectivity index (χ2n) is 8.25. The summed E-state index contributed by atoms with van der Waals surface area (Å²) < 4.78 is 16.0. The second-order valence-corrected chi connectivity index (χ2v) is 8.25. The van der Waals surface area contributed by atoms with Crippen LogP contribution in [-0.2, 0) is 19.5 Å². The van der Waals surface area contributed by atoms with Gasteiger partial charge in [0.1, 0.15) is 11.5 Å². The van der Waals surface area contributed by atoms with E-state index in [2.05, 4.69) is 47.6 Å². The van der Waals surface area contributed by atoms with Crippen LogP contribution >= 0.6 is 0 Å². The molecular weight excluding hydrogens is 389 g/mol. The van der Waals surface area contributed by atoms with E-state index in [0.29, 0.717) is 12.2 Å². The number of hydrogen-bond acceptors (Lipinski definition) is 3. The molecule has 1 aliphatic rings. The van der Waals surface area contributed by atoms with Crippen LogP contribution in [0, 0.1) is 19.7 Å². The third kappa shape index (κ3) is 3.40. The number of aldehydes is 1. The molecular formula is C26H24FN3O. The van der Waals surface area contributed by atoms with Crippen molar-refractivity contribution < 1.29 is 9.18 Å². The normalized spacial score (nSPS) is 13.5. The highest BCUT2D eigenvalue weighted by Gasteiger charge is 2.24. The first-order chi connectivity index (χ1) is 15.0. The van der Waals surface area contributed by atoms with E-state index in [1.807, 2.05) is 12.1 Å². The molecule has 0 spiro atoms. The van der Waals surface area contributed by atoms with Crippen LogP contribution in [0.3, 0.4) is 0 Å². The number of hydrogen-bond donors (Lipinski definition) is 0. The smallest absolute Gasteiger partial charge is 0.168 e. The van der Waals surface area contributed by atoms with Crippen LogP contribution < -0.4 is 4.90 Å². The van der Waals surface area contributed by atoms with E-state index < -0.39 is 0 Å². The molecule has 5 heteroatoms. The number of halogens is 1. The number of benzene rings is 2. The van der Waals surface area contributed by atoms with E-state index >= 15 is 0 Å². The molecule has 0 bridgehead atoms. The Labute approximate surface area is 181 Å². The van der Waals surface area contributed by atoms with Crippen molar-refractivity contribution in [3.8, 4) is 0 Å². The molecule has 4 aromatic rings. The van der Waals surface area contributed by atoms with Gasteiger partial charge >= 0.3 is 0 Å². The fraction of sp³-hybridized carbons (Fsp3) is 0.231. The molecule has 0 amide bonds. The highest BCUT2D eigenvalue weighted by molar-refractivity contribution is 5.97. The summed E-state index contributed by atoms with van der Waals surface area (Å²) >= 11 is 0. The van der Waals surface area contributed by atoms with Crippen molar-refractivity contribution in [3.63, 3.8) is 0 Å². The van der Waals surface area contributed by atoms with Crippen molar-refractivity contribution in [1.82, 2.24) is 9.55 Å². The molecule has 5 rings (SSSR count). The van der Waals surface area contributed by atoms with Crippen LogP contribution in [0.1, 0.15) is 38.4 Å². The molecule has 4 nitrogen and oxygen atoms in total. The van der Waals surface area contributed by atoms with E-state index in [4.69, 9.17) is 4.98 Å². The van der Waals surface area contributed by atoms with Gasteiger partial charge in [0.15, 0.2) is 12.1 Å². The Balaban J connectivity index is 1.68. The summed E-state index contributed by atoms with van der Waals surface area (Å²) in [7, 11) is 0. The van der Waals surface area contributed by atoms with Gasteiger partial charge in [-0.1, -0.05) is 36.4 Å². The Bertz CT molecular complexity index is 1310. The molecule has 3 heterocycles. The second kappa shape index (κ2) is 7.65. The summed E-state index contributed by atoms with van der Waals surface area (Å²) in [6.07, 6.45) is 1.76. The van der Waals surface area contributed by atoms with Crippen molar-refractivity contribution in [3.05, 3.63) is 94.1 Å². The molecule has 0 radical (unpaired) electrons. The average molecular weight is 413 g/mol. The van der Waals surface area contributed by atoms with Crippen LogP contribution in [0.5, 0.6) is 0 Å². The van der Waals surface area contributed by atoms with Gasteiger partial charge in [-0.15, -0.1) is 0 Å². The Kier molecular flexibility index (Phi) is 4.81. The van der Waals surface area contributed by atoms with Crippen molar-refractivity contribution in [1.29, 1.82) is 0 Å². The molecule has 31 heavy (non-hydrogen) atoms. The minimum atomic E-state index is -0.238. The molecule has 1 aliphatic heterocycles. The predicted molar refractivity (Wildman–Crippen MR) is 121 cm³/mol. The lowest BCUT2D eigenvalue weighted by Crippen LogP contribution is -2.31. The maximum atomic E-state index is 13.8. The highest BCUT2D eigenvalue weighted by Crippen LogP contribution is 2.35. The first-order valence-electron chi connectivity index (χ1n) is 10.6. The number of pyridine rings is 1. The number of carbonyl (C=O) groups excluding carboxylic acids is 1. The van der Waals surface area contributed by atoms with Crippen LogP contribution in [0.4, 0.5) is 10.2 Å². The lowest BCUT2D eigenvalue weighted by atomic mass is 10.00. The Morgan fingerprint density at radius 2 is 1.87 bits per heavy atom. The van der Waals surface area contributed by atoms with E-state index in [0.717, 1.165) is 59.3 Å². The largest absolute Gasteiger partial charge is 0.350 e. The number of aromatic nitrogens is 2. The third-order valence-electron chi connectivity index (χ3n) is 6.40. The lowest BCUT2D eigenvalue weighted by Gasteiger charge is -2.31. The molecule has 0 aliphatic carbocycles. The zero-order valence-electron chi connectivity index (χ0n) is 17.7. The standard InChI is InChI=1S/C26H24FN3O/c1-17-18(2)30(14-19-6-5-9-22(27)12-19)25-24(17)13-23(16-31)28-26(25)29-11-10-20-7-3-4-8-21(20)15-29/h3-9,12-13,16H,10-11,14-15H2,1-2H3. The zero-order chi connectivity index (χ0) is 21.5. The van der Waals surface area contributed by atoms with Gasteiger partial charge in [-0.2, -0.15) is 0 Å². The van der Waals surface area contributed by atoms with Gasteiger partial charge in [-0.05, 0) is 60.7 Å². The quantitative estimate of drug-likeness (QED) is 0.431. The fourth-order valence-electron chi connectivity index (χ4n) is 4.63. The van der Waals surface area contributed by atoms with Crippen LogP contribution in [0.2, 0.25) is 0 Å². The third-order valence-corrected chi connectivity index (χ3v) is 6.40. The molecule has 0 unspecified atom stereocenters. The lowest BCUT2D eigenvalue weighted by molar-refractivity contribution is 0.111. The van der Waals surface area contributed by atoms with Crippen LogP contribution in [0.25, 0.3) is 10.9 Å². The fourth-order valence-corrected chi connectivity index (χ4v) is 4.63. The van der Waals surface area contributed by atoms with Crippen LogP contribution in [-0.4, -0.2) is 22.4 Å². The van der Waals surface area contributed by atoms with Crippen LogP contribution in [0.15, 0.2) is 54.6 Å². The number of rotatable bonds is 4. The Morgan fingerprint density at radius 1 is 1.06 bits per heavy atom. The summed E-state index contributed by atoms with van der Waals surface area (Å²) in [4.78, 5) is 18.7. The van der Waals surface area contributed by atoms with Gasteiger partial charge in [0.2, 0.25) is 0 Å². The SMILES string of the molecule is Cc1c(C)n(Cc2cccc(F)c2)c2c(N3CCc4ccccc4C3)nc(C=O)cc12. The van der Waals surface area contributed by atoms with E-state index in [1.165, 1.54) is 17.2 Å². The molecule has 156 valence electrons. The van der Waals surface area contributed by atoms with Gasteiger partial charge in [0.05, 0.1) is 5.52 Å². The summed E-state index contributed by atoms with van der Waals surface area (Å²) in [5.41, 5.74) is 7.21. The number of aryl methyl sites for hydroxylation is 1. The van der Waals surface area contributed by atoms with Gasteiger partial charge in [0.25, 0.3) is 0 Å².